The molecule has 1 rings (SSSR count). The van der Waals surface area contributed by atoms with Crippen molar-refractivity contribution in [3.8, 4) is 0 Å². The van der Waals surface area contributed by atoms with Crippen LogP contribution in [0, 0.1) is 0 Å². The highest BCUT2D eigenvalue weighted by Gasteiger charge is 2.30. The van der Waals surface area contributed by atoms with E-state index in [1.807, 2.05) is 20.8 Å². The standard InChI is InChI=1S/C12H23N5O/c1-10(2)16-12(3,11(13)18)6-4-5-7-17-9-14-8-15-17/h8-10,16H,4-7H2,1-3H3,(H2,13,18). The third kappa shape index (κ3) is 4.44. The first-order valence-corrected chi connectivity index (χ1v) is 6.34. The van der Waals surface area contributed by atoms with Gasteiger partial charge in [0.05, 0.1) is 5.54 Å². The van der Waals surface area contributed by atoms with Gasteiger partial charge in [0.1, 0.15) is 12.7 Å². The van der Waals surface area contributed by atoms with Crippen molar-refractivity contribution in [2.24, 2.45) is 5.73 Å². The van der Waals surface area contributed by atoms with E-state index in [1.54, 1.807) is 11.0 Å². The van der Waals surface area contributed by atoms with E-state index in [1.165, 1.54) is 6.33 Å². The van der Waals surface area contributed by atoms with Gasteiger partial charge in [0, 0.05) is 12.6 Å². The molecule has 0 bridgehead atoms. The second-order valence-electron chi connectivity index (χ2n) is 5.11. The van der Waals surface area contributed by atoms with E-state index in [2.05, 4.69) is 15.4 Å². The van der Waals surface area contributed by atoms with E-state index in [0.29, 0.717) is 0 Å². The van der Waals surface area contributed by atoms with Gasteiger partial charge in [0.2, 0.25) is 5.91 Å². The summed E-state index contributed by atoms with van der Waals surface area (Å²) < 4.78 is 1.79. The Labute approximate surface area is 108 Å². The topological polar surface area (TPSA) is 85.8 Å². The Morgan fingerprint density at radius 2 is 2.22 bits per heavy atom. The number of hydrogen-bond acceptors (Lipinski definition) is 4. The summed E-state index contributed by atoms with van der Waals surface area (Å²) in [7, 11) is 0. The Balaban J connectivity index is 2.36. The number of amides is 1. The maximum Gasteiger partial charge on any atom is 0.237 e. The zero-order valence-corrected chi connectivity index (χ0v) is 11.4. The number of carbonyl (C=O) groups is 1. The molecule has 0 saturated carbocycles. The predicted octanol–water partition coefficient (Wildman–Crippen LogP) is 0.690. The van der Waals surface area contributed by atoms with Crippen molar-refractivity contribution in [1.29, 1.82) is 0 Å². The Morgan fingerprint density at radius 3 is 2.72 bits per heavy atom. The van der Waals surface area contributed by atoms with Crippen molar-refractivity contribution in [2.45, 2.75) is 58.2 Å². The lowest BCUT2D eigenvalue weighted by atomic mass is 9.93. The molecule has 6 heteroatoms. The average molecular weight is 253 g/mol. The third-order valence-corrected chi connectivity index (χ3v) is 2.93. The van der Waals surface area contributed by atoms with Gasteiger partial charge in [-0.1, -0.05) is 0 Å². The van der Waals surface area contributed by atoms with Crippen molar-refractivity contribution < 1.29 is 4.79 Å². The predicted molar refractivity (Wildman–Crippen MR) is 69.7 cm³/mol. The summed E-state index contributed by atoms with van der Waals surface area (Å²) in [6.45, 7) is 6.70. The highest BCUT2D eigenvalue weighted by molar-refractivity contribution is 5.84. The molecule has 0 radical (unpaired) electrons. The third-order valence-electron chi connectivity index (χ3n) is 2.93. The van der Waals surface area contributed by atoms with E-state index in [4.69, 9.17) is 5.73 Å². The fourth-order valence-corrected chi connectivity index (χ4v) is 2.00. The number of carbonyl (C=O) groups excluding carboxylic acids is 1. The van der Waals surface area contributed by atoms with Crippen LogP contribution in [0.4, 0.5) is 0 Å². The van der Waals surface area contributed by atoms with Gasteiger partial charge in [0.25, 0.3) is 0 Å². The zero-order valence-electron chi connectivity index (χ0n) is 11.4. The molecule has 1 aromatic rings. The molecule has 1 amide bonds. The Bertz CT molecular complexity index is 363. The molecule has 6 nitrogen and oxygen atoms in total. The van der Waals surface area contributed by atoms with Crippen LogP contribution in [0.3, 0.4) is 0 Å². The van der Waals surface area contributed by atoms with Crippen LogP contribution in [0.5, 0.6) is 0 Å². The van der Waals surface area contributed by atoms with Gasteiger partial charge in [-0.3, -0.25) is 9.48 Å². The molecule has 1 atom stereocenters. The minimum absolute atomic E-state index is 0.234. The van der Waals surface area contributed by atoms with Gasteiger partial charge in [-0.05, 0) is 40.0 Å². The summed E-state index contributed by atoms with van der Waals surface area (Å²) in [5.41, 5.74) is 4.84. The summed E-state index contributed by atoms with van der Waals surface area (Å²) in [4.78, 5) is 15.4. The number of primary amides is 1. The number of aryl methyl sites for hydroxylation is 1. The lowest BCUT2D eigenvalue weighted by Crippen LogP contribution is -2.55. The summed E-state index contributed by atoms with van der Waals surface area (Å²) in [6, 6.07) is 0.234. The number of nitrogens with zero attached hydrogens (tertiary/aromatic N) is 3. The van der Waals surface area contributed by atoms with Crippen LogP contribution >= 0.6 is 0 Å². The second-order valence-corrected chi connectivity index (χ2v) is 5.11. The minimum atomic E-state index is -0.628. The van der Waals surface area contributed by atoms with Gasteiger partial charge in [-0.2, -0.15) is 5.10 Å². The van der Waals surface area contributed by atoms with Gasteiger partial charge in [-0.15, -0.1) is 0 Å². The van der Waals surface area contributed by atoms with Gasteiger partial charge >= 0.3 is 0 Å². The van der Waals surface area contributed by atoms with E-state index >= 15 is 0 Å². The van der Waals surface area contributed by atoms with Crippen LogP contribution in [0.15, 0.2) is 12.7 Å². The molecule has 0 aromatic carbocycles. The quantitative estimate of drug-likeness (QED) is 0.667. The maximum absolute atomic E-state index is 11.5. The van der Waals surface area contributed by atoms with Crippen LogP contribution < -0.4 is 11.1 Å². The minimum Gasteiger partial charge on any atom is -0.368 e. The normalized spacial score (nSPS) is 14.7. The molecule has 0 fully saturated rings. The average Bonchev–Trinajstić information content (AvgIpc) is 2.76. The molecule has 18 heavy (non-hydrogen) atoms. The number of rotatable bonds is 8. The van der Waals surface area contributed by atoms with E-state index in [0.717, 1.165) is 25.8 Å². The van der Waals surface area contributed by atoms with Crippen LogP contribution in [-0.4, -0.2) is 32.3 Å². The number of nitrogens with one attached hydrogen (secondary N) is 1. The lowest BCUT2D eigenvalue weighted by Gasteiger charge is -2.29. The number of hydrogen-bond donors (Lipinski definition) is 2. The molecule has 0 saturated heterocycles. The molecule has 3 N–H and O–H groups in total. The highest BCUT2D eigenvalue weighted by atomic mass is 16.1. The molecule has 0 aliphatic heterocycles. The lowest BCUT2D eigenvalue weighted by molar-refractivity contribution is -0.124. The van der Waals surface area contributed by atoms with Gasteiger partial charge in [-0.25, -0.2) is 4.98 Å². The van der Waals surface area contributed by atoms with Crippen LogP contribution in [0.25, 0.3) is 0 Å². The molecule has 0 spiro atoms. The van der Waals surface area contributed by atoms with Crippen molar-refractivity contribution in [3.63, 3.8) is 0 Å². The van der Waals surface area contributed by atoms with Gasteiger partial charge < -0.3 is 11.1 Å². The Kier molecular flexibility index (Phi) is 5.27. The molecule has 0 aliphatic rings. The Hall–Kier alpha value is -1.43. The fraction of sp³-hybridized carbons (Fsp3) is 0.750. The van der Waals surface area contributed by atoms with E-state index < -0.39 is 5.54 Å². The zero-order chi connectivity index (χ0) is 13.6. The molecule has 0 aliphatic carbocycles. The van der Waals surface area contributed by atoms with Crippen LogP contribution in [0.2, 0.25) is 0 Å². The number of nitrogens with two attached hydrogens (primary N) is 1. The van der Waals surface area contributed by atoms with E-state index in [-0.39, 0.29) is 11.9 Å². The first kappa shape index (κ1) is 14.6. The second kappa shape index (κ2) is 6.49. The van der Waals surface area contributed by atoms with Crippen molar-refractivity contribution in [2.75, 3.05) is 0 Å². The first-order valence-electron chi connectivity index (χ1n) is 6.34. The molecule has 1 aromatic heterocycles. The van der Waals surface area contributed by atoms with Crippen LogP contribution in [-0.2, 0) is 11.3 Å². The SMILES string of the molecule is CC(C)NC(C)(CCCCn1cncn1)C(N)=O. The summed E-state index contributed by atoms with van der Waals surface area (Å²) in [6.07, 6.45) is 5.81. The van der Waals surface area contributed by atoms with Crippen LogP contribution in [0.1, 0.15) is 40.0 Å². The molecular weight excluding hydrogens is 230 g/mol. The number of aromatic nitrogens is 3. The molecule has 1 heterocycles. The number of unbranched alkanes of at least 4 members (excludes halogenated alkanes) is 1. The first-order chi connectivity index (χ1) is 8.44. The highest BCUT2D eigenvalue weighted by Crippen LogP contribution is 2.15. The van der Waals surface area contributed by atoms with Gasteiger partial charge in [0.15, 0.2) is 0 Å². The maximum atomic E-state index is 11.5. The monoisotopic (exact) mass is 253 g/mol. The molecule has 1 unspecified atom stereocenters. The van der Waals surface area contributed by atoms with Crippen molar-refractivity contribution in [3.05, 3.63) is 12.7 Å². The van der Waals surface area contributed by atoms with Crippen molar-refractivity contribution in [1.82, 2.24) is 20.1 Å². The Morgan fingerprint density at radius 1 is 1.50 bits per heavy atom. The summed E-state index contributed by atoms with van der Waals surface area (Å²) >= 11 is 0. The van der Waals surface area contributed by atoms with E-state index in [9.17, 15) is 4.79 Å². The molecular formula is C12H23N5O. The largest absolute Gasteiger partial charge is 0.368 e. The summed E-state index contributed by atoms with van der Waals surface area (Å²) in [5, 5.41) is 7.27. The summed E-state index contributed by atoms with van der Waals surface area (Å²) in [5.74, 6) is -0.294. The van der Waals surface area contributed by atoms with Crippen molar-refractivity contribution >= 4 is 5.91 Å². The fourth-order valence-electron chi connectivity index (χ4n) is 2.00. The smallest absolute Gasteiger partial charge is 0.237 e. The molecule has 102 valence electrons.